The van der Waals surface area contributed by atoms with Crippen molar-refractivity contribution in [2.45, 2.75) is 39.2 Å². The van der Waals surface area contributed by atoms with Crippen molar-refractivity contribution in [3.05, 3.63) is 17.7 Å². The fourth-order valence-corrected chi connectivity index (χ4v) is 2.50. The predicted octanol–water partition coefficient (Wildman–Crippen LogP) is 1.30. The normalized spacial score (nSPS) is 23.4. The Kier molecular flexibility index (Phi) is 3.87. The average Bonchev–Trinajstić information content (AvgIpc) is 2.86. The Morgan fingerprint density at radius 1 is 1.53 bits per heavy atom. The molecule has 0 radical (unpaired) electrons. The van der Waals surface area contributed by atoms with Crippen molar-refractivity contribution < 1.29 is 14.7 Å². The molecule has 19 heavy (non-hydrogen) atoms. The van der Waals surface area contributed by atoms with Crippen molar-refractivity contribution >= 4 is 11.9 Å². The van der Waals surface area contributed by atoms with Crippen molar-refractivity contribution in [1.82, 2.24) is 14.9 Å². The Labute approximate surface area is 111 Å². The first kappa shape index (κ1) is 13.6. The molecule has 0 spiro atoms. The highest BCUT2D eigenvalue weighted by Crippen LogP contribution is 2.24. The van der Waals surface area contributed by atoms with Crippen LogP contribution in [0.25, 0.3) is 0 Å². The second-order valence-electron chi connectivity index (χ2n) is 5.00. The number of piperidine rings is 1. The summed E-state index contributed by atoms with van der Waals surface area (Å²) in [4.78, 5) is 32.2. The molecule has 2 unspecified atom stereocenters. The molecule has 104 valence electrons. The van der Waals surface area contributed by atoms with Gasteiger partial charge in [0.2, 0.25) is 0 Å². The molecule has 1 saturated heterocycles. The number of carboxylic acids is 1. The molecule has 0 saturated carbocycles. The molecule has 0 bridgehead atoms. The monoisotopic (exact) mass is 265 g/mol. The van der Waals surface area contributed by atoms with Gasteiger partial charge < -0.3 is 15.0 Å². The van der Waals surface area contributed by atoms with E-state index in [0.717, 1.165) is 5.69 Å². The summed E-state index contributed by atoms with van der Waals surface area (Å²) in [6.07, 6.45) is 3.55. The van der Waals surface area contributed by atoms with Gasteiger partial charge in [-0.1, -0.05) is 6.92 Å². The van der Waals surface area contributed by atoms with Crippen LogP contribution < -0.4 is 0 Å². The predicted molar refractivity (Wildman–Crippen MR) is 68.8 cm³/mol. The van der Waals surface area contributed by atoms with Crippen LogP contribution in [0, 0.1) is 5.92 Å². The summed E-state index contributed by atoms with van der Waals surface area (Å²) in [5.74, 6) is -1.47. The van der Waals surface area contributed by atoms with E-state index in [1.807, 2.05) is 13.8 Å². The van der Waals surface area contributed by atoms with E-state index in [-0.39, 0.29) is 18.5 Å². The van der Waals surface area contributed by atoms with Crippen LogP contribution in [0.2, 0.25) is 0 Å². The van der Waals surface area contributed by atoms with Crippen molar-refractivity contribution in [1.29, 1.82) is 0 Å². The second kappa shape index (κ2) is 5.42. The Morgan fingerprint density at radius 2 is 2.26 bits per heavy atom. The highest BCUT2D eigenvalue weighted by atomic mass is 16.4. The Balaban J connectivity index is 2.19. The summed E-state index contributed by atoms with van der Waals surface area (Å²) in [5.41, 5.74) is 1.22. The minimum atomic E-state index is -0.831. The lowest BCUT2D eigenvalue weighted by atomic mass is 9.93. The highest BCUT2D eigenvalue weighted by Gasteiger charge is 2.34. The number of nitrogens with one attached hydrogen (secondary N) is 1. The molecule has 1 aliphatic rings. The SMILES string of the molecule is CCc1[nH]cnc1C(=O)N1CC(C(=O)O)CCC1C. The minimum absolute atomic E-state index is 0.0597. The van der Waals surface area contributed by atoms with E-state index in [4.69, 9.17) is 5.11 Å². The molecule has 2 N–H and O–H groups in total. The number of amides is 1. The molecule has 1 fully saturated rings. The van der Waals surface area contributed by atoms with Crippen molar-refractivity contribution in [2.75, 3.05) is 6.54 Å². The molecule has 6 nitrogen and oxygen atoms in total. The maximum Gasteiger partial charge on any atom is 0.308 e. The first-order valence-electron chi connectivity index (χ1n) is 6.60. The van der Waals surface area contributed by atoms with Crippen LogP contribution in [0.15, 0.2) is 6.33 Å². The van der Waals surface area contributed by atoms with Gasteiger partial charge in [-0.05, 0) is 26.2 Å². The van der Waals surface area contributed by atoms with Crippen LogP contribution >= 0.6 is 0 Å². The van der Waals surface area contributed by atoms with E-state index in [9.17, 15) is 9.59 Å². The zero-order chi connectivity index (χ0) is 14.0. The zero-order valence-electron chi connectivity index (χ0n) is 11.2. The van der Waals surface area contributed by atoms with Gasteiger partial charge >= 0.3 is 5.97 Å². The third kappa shape index (κ3) is 2.62. The van der Waals surface area contributed by atoms with Gasteiger partial charge in [0.25, 0.3) is 5.91 Å². The minimum Gasteiger partial charge on any atom is -0.481 e. The average molecular weight is 265 g/mol. The molecule has 0 aromatic carbocycles. The van der Waals surface area contributed by atoms with Crippen LogP contribution in [0.3, 0.4) is 0 Å². The number of hydrogen-bond acceptors (Lipinski definition) is 3. The van der Waals surface area contributed by atoms with E-state index in [1.165, 1.54) is 6.33 Å². The number of nitrogens with zero attached hydrogens (tertiary/aromatic N) is 2. The fraction of sp³-hybridized carbons (Fsp3) is 0.615. The second-order valence-corrected chi connectivity index (χ2v) is 5.00. The number of imidazole rings is 1. The van der Waals surface area contributed by atoms with E-state index < -0.39 is 11.9 Å². The van der Waals surface area contributed by atoms with E-state index in [1.54, 1.807) is 4.90 Å². The summed E-state index contributed by atoms with van der Waals surface area (Å²) in [5, 5.41) is 9.10. The number of likely N-dealkylation sites (tertiary alicyclic amines) is 1. The van der Waals surface area contributed by atoms with Crippen molar-refractivity contribution in [3.63, 3.8) is 0 Å². The maximum absolute atomic E-state index is 12.5. The molecular formula is C13H19N3O3. The smallest absolute Gasteiger partial charge is 0.308 e. The number of H-pyrrole nitrogens is 1. The summed E-state index contributed by atoms with van der Waals surface area (Å²) in [6, 6.07) is 0.0597. The van der Waals surface area contributed by atoms with Crippen LogP contribution in [-0.4, -0.2) is 44.4 Å². The molecule has 1 aromatic heterocycles. The Morgan fingerprint density at radius 3 is 2.89 bits per heavy atom. The molecular weight excluding hydrogens is 246 g/mol. The first-order chi connectivity index (χ1) is 9.04. The molecule has 1 aromatic rings. The quantitative estimate of drug-likeness (QED) is 0.862. The van der Waals surface area contributed by atoms with Gasteiger partial charge in [-0.15, -0.1) is 0 Å². The van der Waals surface area contributed by atoms with E-state index in [2.05, 4.69) is 9.97 Å². The van der Waals surface area contributed by atoms with Gasteiger partial charge in [0, 0.05) is 18.3 Å². The molecule has 2 heterocycles. The molecule has 2 rings (SSSR count). The topological polar surface area (TPSA) is 86.3 Å². The van der Waals surface area contributed by atoms with Gasteiger partial charge in [-0.2, -0.15) is 0 Å². The lowest BCUT2D eigenvalue weighted by Gasteiger charge is -2.36. The molecule has 6 heteroatoms. The summed E-state index contributed by atoms with van der Waals surface area (Å²) < 4.78 is 0. The molecule has 1 amide bonds. The summed E-state index contributed by atoms with van der Waals surface area (Å²) >= 11 is 0. The highest BCUT2D eigenvalue weighted by molar-refractivity contribution is 5.94. The maximum atomic E-state index is 12.5. The number of carboxylic acid groups (broad SMARTS) is 1. The van der Waals surface area contributed by atoms with E-state index in [0.29, 0.717) is 25.0 Å². The number of rotatable bonds is 3. The molecule has 0 aliphatic carbocycles. The van der Waals surface area contributed by atoms with Crippen LogP contribution in [0.4, 0.5) is 0 Å². The number of aromatic amines is 1. The van der Waals surface area contributed by atoms with Gasteiger partial charge in [0.15, 0.2) is 0 Å². The van der Waals surface area contributed by atoms with Gasteiger partial charge in [-0.25, -0.2) is 4.98 Å². The third-order valence-corrected chi connectivity index (χ3v) is 3.77. The number of carbonyl (C=O) groups is 2. The van der Waals surface area contributed by atoms with Crippen LogP contribution in [-0.2, 0) is 11.2 Å². The number of aromatic nitrogens is 2. The molecule has 1 aliphatic heterocycles. The standard InChI is InChI=1S/C13H19N3O3/c1-3-10-11(15-7-14-10)12(17)16-6-9(13(18)19)5-4-8(16)2/h7-9H,3-6H2,1-2H3,(H,14,15)(H,18,19). The third-order valence-electron chi connectivity index (χ3n) is 3.77. The summed E-state index contributed by atoms with van der Waals surface area (Å²) in [7, 11) is 0. The lowest BCUT2D eigenvalue weighted by molar-refractivity contribution is -0.143. The molecule has 2 atom stereocenters. The Bertz CT molecular complexity index is 483. The van der Waals surface area contributed by atoms with Crippen LogP contribution in [0.1, 0.15) is 42.9 Å². The van der Waals surface area contributed by atoms with Crippen LogP contribution in [0.5, 0.6) is 0 Å². The Hall–Kier alpha value is -1.85. The number of hydrogen-bond donors (Lipinski definition) is 2. The van der Waals surface area contributed by atoms with Crippen molar-refractivity contribution in [2.24, 2.45) is 5.92 Å². The largest absolute Gasteiger partial charge is 0.481 e. The zero-order valence-corrected chi connectivity index (χ0v) is 11.2. The number of aliphatic carboxylic acids is 1. The fourth-order valence-electron chi connectivity index (χ4n) is 2.50. The number of carbonyl (C=O) groups excluding carboxylic acids is 1. The van der Waals surface area contributed by atoms with Crippen molar-refractivity contribution in [3.8, 4) is 0 Å². The first-order valence-corrected chi connectivity index (χ1v) is 6.60. The summed E-state index contributed by atoms with van der Waals surface area (Å²) in [6.45, 7) is 4.17. The lowest BCUT2D eigenvalue weighted by Crippen LogP contribution is -2.47. The van der Waals surface area contributed by atoms with E-state index >= 15 is 0 Å². The van der Waals surface area contributed by atoms with Gasteiger partial charge in [0.05, 0.1) is 12.2 Å². The van der Waals surface area contributed by atoms with Gasteiger partial charge in [-0.3, -0.25) is 9.59 Å². The number of aryl methyl sites for hydroxylation is 1. The van der Waals surface area contributed by atoms with Gasteiger partial charge in [0.1, 0.15) is 5.69 Å².